The number of carbonyl (C=O) groups excluding carboxylic acids is 2. The first-order chi connectivity index (χ1) is 13.5. The number of furan rings is 1. The van der Waals surface area contributed by atoms with Crippen molar-refractivity contribution in [2.45, 2.75) is 59.0 Å². The molecule has 0 radical (unpaired) electrons. The number of hydrogen-bond acceptors (Lipinski definition) is 5. The van der Waals surface area contributed by atoms with Crippen LogP contribution in [0.5, 0.6) is 0 Å². The maximum Gasteiger partial charge on any atom is 0.289 e. The van der Waals surface area contributed by atoms with Crippen molar-refractivity contribution >= 4 is 11.8 Å². The second-order valence-corrected chi connectivity index (χ2v) is 7.34. The fraction of sp³-hybridized carbons (Fsp3) is 0.524. The molecule has 0 aliphatic carbocycles. The van der Waals surface area contributed by atoms with Crippen LogP contribution in [0.1, 0.15) is 60.6 Å². The number of hydrogen-bond donors (Lipinski definition) is 0. The number of amides is 2. The summed E-state index contributed by atoms with van der Waals surface area (Å²) in [5.74, 6) is 1.25. The normalized spacial score (nSPS) is 17.2. The molecule has 2 aromatic heterocycles. The highest BCUT2D eigenvalue weighted by Crippen LogP contribution is 2.22. The van der Waals surface area contributed by atoms with E-state index in [0.29, 0.717) is 25.4 Å². The van der Waals surface area contributed by atoms with Crippen molar-refractivity contribution in [1.82, 2.24) is 19.8 Å². The molecule has 1 aliphatic rings. The van der Waals surface area contributed by atoms with Gasteiger partial charge in [-0.15, -0.1) is 0 Å². The standard InChI is InChI=1S/C21H28N4O3/c1-4-19-15(2)10-20(28-19)21(27)24-8-5-6-18(7-9-24)25(16(3)26)13-17-11-22-14-23-12-17/h10-12,14,18H,4-9,13H2,1-3H3/t18-/m1/s1. The minimum atomic E-state index is -0.0608. The van der Waals surface area contributed by atoms with Crippen LogP contribution in [0.3, 0.4) is 0 Å². The van der Waals surface area contributed by atoms with Crippen molar-refractivity contribution in [3.05, 3.63) is 47.4 Å². The van der Waals surface area contributed by atoms with E-state index >= 15 is 0 Å². The fourth-order valence-corrected chi connectivity index (χ4v) is 3.83. The lowest BCUT2D eigenvalue weighted by Gasteiger charge is -2.30. The number of likely N-dealkylation sites (tertiary alicyclic amines) is 1. The van der Waals surface area contributed by atoms with E-state index in [1.807, 2.05) is 29.7 Å². The Morgan fingerprint density at radius 1 is 1.25 bits per heavy atom. The predicted octanol–water partition coefficient (Wildman–Crippen LogP) is 2.98. The van der Waals surface area contributed by atoms with Crippen LogP contribution in [0, 0.1) is 6.92 Å². The average molecular weight is 384 g/mol. The van der Waals surface area contributed by atoms with E-state index in [0.717, 1.165) is 42.6 Å². The molecule has 0 bridgehead atoms. The van der Waals surface area contributed by atoms with Gasteiger partial charge in [-0.2, -0.15) is 0 Å². The molecule has 1 atom stereocenters. The largest absolute Gasteiger partial charge is 0.456 e. The maximum atomic E-state index is 12.9. The first-order valence-electron chi connectivity index (χ1n) is 9.89. The molecule has 1 aliphatic heterocycles. The van der Waals surface area contributed by atoms with Gasteiger partial charge in [0.1, 0.15) is 12.1 Å². The number of rotatable bonds is 5. The van der Waals surface area contributed by atoms with Crippen LogP contribution in [0.25, 0.3) is 0 Å². The number of aryl methyl sites for hydroxylation is 2. The summed E-state index contributed by atoms with van der Waals surface area (Å²) in [5.41, 5.74) is 1.93. The van der Waals surface area contributed by atoms with Crippen molar-refractivity contribution in [1.29, 1.82) is 0 Å². The van der Waals surface area contributed by atoms with Crippen molar-refractivity contribution in [3.8, 4) is 0 Å². The quantitative estimate of drug-likeness (QED) is 0.792. The molecule has 3 heterocycles. The van der Waals surface area contributed by atoms with Crippen LogP contribution in [-0.4, -0.2) is 50.7 Å². The molecule has 7 heteroatoms. The van der Waals surface area contributed by atoms with E-state index in [4.69, 9.17) is 4.42 Å². The molecule has 28 heavy (non-hydrogen) atoms. The molecule has 0 saturated carbocycles. The topological polar surface area (TPSA) is 79.5 Å². The van der Waals surface area contributed by atoms with Gasteiger partial charge in [0, 0.05) is 57.0 Å². The van der Waals surface area contributed by atoms with E-state index in [9.17, 15) is 9.59 Å². The van der Waals surface area contributed by atoms with Crippen molar-refractivity contribution in [2.24, 2.45) is 0 Å². The molecule has 2 aromatic rings. The smallest absolute Gasteiger partial charge is 0.289 e. The van der Waals surface area contributed by atoms with E-state index < -0.39 is 0 Å². The van der Waals surface area contributed by atoms with Gasteiger partial charge in [0.15, 0.2) is 5.76 Å². The highest BCUT2D eigenvalue weighted by atomic mass is 16.4. The molecule has 0 aromatic carbocycles. The molecule has 7 nitrogen and oxygen atoms in total. The molecular formula is C21H28N4O3. The zero-order chi connectivity index (χ0) is 20.1. The van der Waals surface area contributed by atoms with Gasteiger partial charge in [0.2, 0.25) is 5.91 Å². The van der Waals surface area contributed by atoms with Crippen molar-refractivity contribution in [3.63, 3.8) is 0 Å². The second kappa shape index (κ2) is 8.99. The highest BCUT2D eigenvalue weighted by molar-refractivity contribution is 5.91. The third kappa shape index (κ3) is 4.58. The Bertz CT molecular complexity index is 818. The molecule has 0 unspecified atom stereocenters. The van der Waals surface area contributed by atoms with Crippen molar-refractivity contribution < 1.29 is 14.0 Å². The molecule has 1 fully saturated rings. The Kier molecular flexibility index (Phi) is 6.44. The molecule has 1 saturated heterocycles. The Labute approximate surface area is 165 Å². The summed E-state index contributed by atoms with van der Waals surface area (Å²) >= 11 is 0. The number of nitrogens with zero attached hydrogens (tertiary/aromatic N) is 4. The first kappa shape index (κ1) is 20.0. The van der Waals surface area contributed by atoms with Gasteiger partial charge in [-0.1, -0.05) is 6.92 Å². The summed E-state index contributed by atoms with van der Waals surface area (Å²) in [6, 6.07) is 1.93. The minimum Gasteiger partial charge on any atom is -0.456 e. The van der Waals surface area contributed by atoms with Gasteiger partial charge < -0.3 is 14.2 Å². The average Bonchev–Trinajstić information content (AvgIpc) is 2.91. The van der Waals surface area contributed by atoms with Gasteiger partial charge in [-0.05, 0) is 37.8 Å². The predicted molar refractivity (Wildman–Crippen MR) is 105 cm³/mol. The van der Waals surface area contributed by atoms with Crippen LogP contribution in [0.2, 0.25) is 0 Å². The molecule has 150 valence electrons. The van der Waals surface area contributed by atoms with Gasteiger partial charge in [-0.3, -0.25) is 9.59 Å². The molecule has 3 rings (SSSR count). The van der Waals surface area contributed by atoms with Gasteiger partial charge in [0.25, 0.3) is 5.91 Å². The summed E-state index contributed by atoms with van der Waals surface area (Å²) in [7, 11) is 0. The van der Waals surface area contributed by atoms with E-state index in [1.54, 1.807) is 19.3 Å². The SMILES string of the molecule is CCc1oc(C(=O)N2CCC[C@@H](N(Cc3cncnc3)C(C)=O)CC2)cc1C. The number of carbonyl (C=O) groups is 2. The van der Waals surface area contributed by atoms with Gasteiger partial charge in [-0.25, -0.2) is 9.97 Å². The molecule has 0 spiro atoms. The summed E-state index contributed by atoms with van der Waals surface area (Å²) in [6.07, 6.45) is 8.20. The van der Waals surface area contributed by atoms with Gasteiger partial charge >= 0.3 is 0 Å². The highest BCUT2D eigenvalue weighted by Gasteiger charge is 2.28. The first-order valence-corrected chi connectivity index (χ1v) is 9.89. The van der Waals surface area contributed by atoms with E-state index in [1.165, 1.54) is 6.33 Å². The zero-order valence-corrected chi connectivity index (χ0v) is 16.9. The van der Waals surface area contributed by atoms with Crippen LogP contribution in [0.4, 0.5) is 0 Å². The lowest BCUT2D eigenvalue weighted by Crippen LogP contribution is -2.39. The monoisotopic (exact) mass is 384 g/mol. The van der Waals surface area contributed by atoms with E-state index in [-0.39, 0.29) is 17.9 Å². The summed E-state index contributed by atoms with van der Waals surface area (Å²) < 4.78 is 5.74. The third-order valence-corrected chi connectivity index (χ3v) is 5.35. The molecule has 0 N–H and O–H groups in total. The second-order valence-electron chi connectivity index (χ2n) is 7.34. The van der Waals surface area contributed by atoms with E-state index in [2.05, 4.69) is 9.97 Å². The molecular weight excluding hydrogens is 356 g/mol. The third-order valence-electron chi connectivity index (χ3n) is 5.35. The number of aromatic nitrogens is 2. The van der Waals surface area contributed by atoms with Gasteiger partial charge in [0.05, 0.1) is 0 Å². The van der Waals surface area contributed by atoms with Crippen LogP contribution in [0.15, 0.2) is 29.2 Å². The van der Waals surface area contributed by atoms with Crippen LogP contribution in [-0.2, 0) is 17.8 Å². The summed E-state index contributed by atoms with van der Waals surface area (Å²) in [5, 5.41) is 0. The Morgan fingerprint density at radius 2 is 2.00 bits per heavy atom. The summed E-state index contributed by atoms with van der Waals surface area (Å²) in [4.78, 5) is 36.9. The molecule has 2 amide bonds. The summed E-state index contributed by atoms with van der Waals surface area (Å²) in [6.45, 7) is 7.36. The zero-order valence-electron chi connectivity index (χ0n) is 16.9. The Morgan fingerprint density at radius 3 is 2.64 bits per heavy atom. The van der Waals surface area contributed by atoms with Crippen LogP contribution >= 0.6 is 0 Å². The minimum absolute atomic E-state index is 0.0304. The Hall–Kier alpha value is -2.70. The Balaban J connectivity index is 1.67. The lowest BCUT2D eigenvalue weighted by molar-refractivity contribution is -0.132. The van der Waals surface area contributed by atoms with Crippen molar-refractivity contribution in [2.75, 3.05) is 13.1 Å². The lowest BCUT2D eigenvalue weighted by atomic mass is 10.1. The van der Waals surface area contributed by atoms with Crippen LogP contribution < -0.4 is 0 Å². The maximum absolute atomic E-state index is 12.9. The fourth-order valence-electron chi connectivity index (χ4n) is 3.83.